The maximum absolute atomic E-state index is 11.5. The topological polar surface area (TPSA) is 82.1 Å². The normalized spacial score (nSPS) is 10.1. The van der Waals surface area contributed by atoms with E-state index in [4.69, 9.17) is 0 Å². The van der Waals surface area contributed by atoms with E-state index in [1.54, 1.807) is 24.3 Å². The summed E-state index contributed by atoms with van der Waals surface area (Å²) in [4.78, 5) is 11.6. The minimum absolute atomic E-state index is 0.0984. The van der Waals surface area contributed by atoms with Crippen LogP contribution in [-0.2, 0) is 0 Å². The van der Waals surface area contributed by atoms with E-state index in [0.29, 0.717) is 5.56 Å². The third-order valence-electron chi connectivity index (χ3n) is 2.10. The van der Waals surface area contributed by atoms with Crippen LogP contribution in [0.2, 0.25) is 0 Å². The summed E-state index contributed by atoms with van der Waals surface area (Å²) in [6.45, 7) is 0. The van der Waals surface area contributed by atoms with Crippen molar-refractivity contribution in [2.24, 2.45) is 0 Å². The molecule has 0 saturated carbocycles. The summed E-state index contributed by atoms with van der Waals surface area (Å²) in [5.74, 6) is -0.532. The Morgan fingerprint density at radius 3 is 2.75 bits per heavy atom. The van der Waals surface area contributed by atoms with Crippen LogP contribution in [0.3, 0.4) is 0 Å². The van der Waals surface area contributed by atoms with E-state index in [2.05, 4.69) is 15.1 Å². The van der Waals surface area contributed by atoms with Gasteiger partial charge in [0.15, 0.2) is 0 Å². The van der Waals surface area contributed by atoms with Crippen LogP contribution in [0.15, 0.2) is 35.0 Å². The molecule has 0 aliphatic rings. The lowest BCUT2D eigenvalue weighted by molar-refractivity contribution is -0.803. The number of carbonyl (C=O) groups excluding carboxylic acids is 1. The predicted molar refractivity (Wildman–Crippen MR) is 54.3 cm³/mol. The first kappa shape index (κ1) is 10.2. The van der Waals surface area contributed by atoms with Gasteiger partial charge in [-0.25, -0.2) is 0 Å². The molecule has 1 aromatic carbocycles. The SMILES string of the molecule is CNC(=O)c1c(-c2ccccc2)no[n+]1[O-]. The van der Waals surface area contributed by atoms with E-state index in [1.807, 2.05) is 6.07 Å². The zero-order valence-electron chi connectivity index (χ0n) is 8.51. The van der Waals surface area contributed by atoms with Gasteiger partial charge < -0.3 is 10.5 Å². The van der Waals surface area contributed by atoms with Crippen molar-refractivity contribution in [1.82, 2.24) is 10.5 Å². The number of rotatable bonds is 2. The van der Waals surface area contributed by atoms with Gasteiger partial charge in [0.25, 0.3) is 17.3 Å². The second-order valence-corrected chi connectivity index (χ2v) is 3.07. The number of hydrogen-bond donors (Lipinski definition) is 1. The highest BCUT2D eigenvalue weighted by Crippen LogP contribution is 2.18. The highest BCUT2D eigenvalue weighted by atomic mass is 16.8. The van der Waals surface area contributed by atoms with Crippen molar-refractivity contribution in [3.8, 4) is 11.3 Å². The molecule has 0 aliphatic heterocycles. The Labute approximate surface area is 91.0 Å². The summed E-state index contributed by atoms with van der Waals surface area (Å²) in [6.07, 6.45) is 0. The predicted octanol–water partition coefficient (Wildman–Crippen LogP) is 0.335. The number of hydrogen-bond acceptors (Lipinski definition) is 4. The molecule has 0 bridgehead atoms. The first-order valence-corrected chi connectivity index (χ1v) is 4.61. The Morgan fingerprint density at radius 1 is 1.44 bits per heavy atom. The van der Waals surface area contributed by atoms with Crippen LogP contribution in [0.4, 0.5) is 0 Å². The van der Waals surface area contributed by atoms with Crippen LogP contribution in [0.5, 0.6) is 0 Å². The molecule has 0 atom stereocenters. The summed E-state index contributed by atoms with van der Waals surface area (Å²) < 4.78 is 4.42. The number of nitrogens with zero attached hydrogens (tertiary/aromatic N) is 2. The fourth-order valence-electron chi connectivity index (χ4n) is 1.34. The lowest BCUT2D eigenvalue weighted by atomic mass is 10.1. The maximum Gasteiger partial charge on any atom is 0.300 e. The number of carbonyl (C=O) groups is 1. The van der Waals surface area contributed by atoms with Crippen molar-refractivity contribution in [3.05, 3.63) is 41.2 Å². The van der Waals surface area contributed by atoms with Crippen molar-refractivity contribution in [2.45, 2.75) is 0 Å². The lowest BCUT2D eigenvalue weighted by Crippen LogP contribution is -2.36. The molecule has 16 heavy (non-hydrogen) atoms. The number of aromatic nitrogens is 2. The Morgan fingerprint density at radius 2 is 2.12 bits per heavy atom. The van der Waals surface area contributed by atoms with E-state index in [-0.39, 0.29) is 16.3 Å². The summed E-state index contributed by atoms with van der Waals surface area (Å²) in [5, 5.41) is 17.2. The molecule has 6 heteroatoms. The number of benzene rings is 1. The van der Waals surface area contributed by atoms with Crippen molar-refractivity contribution in [2.75, 3.05) is 7.05 Å². The second kappa shape index (κ2) is 4.01. The van der Waals surface area contributed by atoms with Gasteiger partial charge in [-0.05, 0) is 4.90 Å². The fourth-order valence-corrected chi connectivity index (χ4v) is 1.34. The second-order valence-electron chi connectivity index (χ2n) is 3.07. The molecular formula is C10H9N3O3. The minimum Gasteiger partial charge on any atom is -0.359 e. The van der Waals surface area contributed by atoms with Crippen LogP contribution < -0.4 is 10.2 Å². The van der Waals surface area contributed by atoms with Crippen LogP contribution in [0.1, 0.15) is 10.5 Å². The largest absolute Gasteiger partial charge is 0.359 e. The summed E-state index contributed by atoms with van der Waals surface area (Å²) in [5.41, 5.74) is 0.739. The van der Waals surface area contributed by atoms with Crippen molar-refractivity contribution >= 4 is 5.91 Å². The number of amides is 1. The Hall–Kier alpha value is -2.37. The van der Waals surface area contributed by atoms with Crippen molar-refractivity contribution < 1.29 is 14.3 Å². The maximum atomic E-state index is 11.5. The Kier molecular flexibility index (Phi) is 2.55. The van der Waals surface area contributed by atoms with Crippen molar-refractivity contribution in [3.63, 3.8) is 0 Å². The lowest BCUT2D eigenvalue weighted by Gasteiger charge is -1.96. The molecule has 1 heterocycles. The van der Waals surface area contributed by atoms with Gasteiger partial charge >= 0.3 is 0 Å². The van der Waals surface area contributed by atoms with Crippen molar-refractivity contribution in [1.29, 1.82) is 0 Å². The zero-order valence-corrected chi connectivity index (χ0v) is 8.51. The molecule has 2 aromatic rings. The van der Waals surface area contributed by atoms with Crippen LogP contribution in [-0.4, -0.2) is 18.1 Å². The molecule has 1 N–H and O–H groups in total. The van der Waals surface area contributed by atoms with E-state index < -0.39 is 5.91 Å². The first-order valence-electron chi connectivity index (χ1n) is 4.61. The molecule has 1 amide bonds. The van der Waals surface area contributed by atoms with Crippen LogP contribution in [0.25, 0.3) is 11.3 Å². The van der Waals surface area contributed by atoms with Gasteiger partial charge in [0.1, 0.15) is 0 Å². The van der Waals surface area contributed by atoms with Gasteiger partial charge in [0.2, 0.25) is 0 Å². The molecule has 82 valence electrons. The standard InChI is InChI=1S/C10H9N3O3/c1-11-10(14)9-8(12-16-13(9)15)7-5-3-2-4-6-7/h2-6H,1H3,(H,11,14). The van der Waals surface area contributed by atoms with Gasteiger partial charge in [-0.1, -0.05) is 30.3 Å². The molecule has 0 radical (unpaired) electrons. The molecule has 0 unspecified atom stereocenters. The first-order chi connectivity index (χ1) is 7.74. The van der Waals surface area contributed by atoms with Gasteiger partial charge in [0, 0.05) is 17.8 Å². The van der Waals surface area contributed by atoms with Crippen LogP contribution >= 0.6 is 0 Å². The monoisotopic (exact) mass is 219 g/mol. The molecule has 2 rings (SSSR count). The van der Waals surface area contributed by atoms with Gasteiger partial charge in [-0.15, -0.1) is 0 Å². The Bertz CT molecular complexity index is 507. The molecule has 0 spiro atoms. The summed E-state index contributed by atoms with van der Waals surface area (Å²) in [7, 11) is 1.43. The molecule has 6 nitrogen and oxygen atoms in total. The zero-order chi connectivity index (χ0) is 11.5. The minimum atomic E-state index is -0.532. The molecule has 1 aromatic heterocycles. The third-order valence-corrected chi connectivity index (χ3v) is 2.10. The summed E-state index contributed by atoms with van der Waals surface area (Å²) in [6, 6.07) is 8.88. The van der Waals surface area contributed by atoms with E-state index in [0.717, 1.165) is 0 Å². The molecule has 0 saturated heterocycles. The van der Waals surface area contributed by atoms with Gasteiger partial charge in [-0.2, -0.15) is 0 Å². The van der Waals surface area contributed by atoms with E-state index >= 15 is 0 Å². The highest BCUT2D eigenvalue weighted by molar-refractivity contribution is 5.96. The number of nitrogens with one attached hydrogen (secondary N) is 1. The fraction of sp³-hybridized carbons (Fsp3) is 0.100. The van der Waals surface area contributed by atoms with Gasteiger partial charge in [0.05, 0.1) is 0 Å². The van der Waals surface area contributed by atoms with E-state index in [9.17, 15) is 10.0 Å². The molecule has 0 fully saturated rings. The average molecular weight is 219 g/mol. The summed E-state index contributed by atoms with van der Waals surface area (Å²) >= 11 is 0. The average Bonchev–Trinajstić information content (AvgIpc) is 2.71. The molecular weight excluding hydrogens is 210 g/mol. The highest BCUT2D eigenvalue weighted by Gasteiger charge is 2.26. The van der Waals surface area contributed by atoms with Gasteiger partial charge in [-0.3, -0.25) is 9.42 Å². The molecule has 0 aliphatic carbocycles. The third kappa shape index (κ3) is 1.60. The Balaban J connectivity index is 2.55. The quantitative estimate of drug-likeness (QED) is 0.738. The smallest absolute Gasteiger partial charge is 0.300 e. The van der Waals surface area contributed by atoms with Crippen LogP contribution in [0, 0.1) is 5.21 Å². The van der Waals surface area contributed by atoms with E-state index in [1.165, 1.54) is 7.05 Å².